The van der Waals surface area contributed by atoms with E-state index in [4.69, 9.17) is 15.2 Å². The van der Waals surface area contributed by atoms with Crippen LogP contribution in [0, 0.1) is 0 Å². The zero-order valence-electron chi connectivity index (χ0n) is 17.2. The Hall–Kier alpha value is -4.19. The quantitative estimate of drug-likeness (QED) is 0.510. The molecule has 2 heterocycles. The van der Waals surface area contributed by atoms with E-state index in [0.717, 1.165) is 21.9 Å². The zero-order valence-corrected chi connectivity index (χ0v) is 17.2. The molecule has 1 atom stereocenters. The van der Waals surface area contributed by atoms with Crippen LogP contribution in [0.5, 0.6) is 11.5 Å². The van der Waals surface area contributed by atoms with Gasteiger partial charge in [0.25, 0.3) is 0 Å². The SMILES string of the molecule is NC(=O)c1ccc(C(Oc2ccc3c(c2)OCCC3=O)c2ccncc2)c2ccccc12. The van der Waals surface area contributed by atoms with E-state index in [1.165, 1.54) is 0 Å². The predicted octanol–water partition coefficient (Wildman–Crippen LogP) is 4.47. The van der Waals surface area contributed by atoms with Gasteiger partial charge in [-0.1, -0.05) is 30.3 Å². The second-order valence-electron chi connectivity index (χ2n) is 7.57. The van der Waals surface area contributed by atoms with Crippen molar-refractivity contribution in [1.82, 2.24) is 4.98 Å². The molecule has 1 unspecified atom stereocenters. The summed E-state index contributed by atoms with van der Waals surface area (Å²) >= 11 is 0. The molecule has 0 saturated heterocycles. The Labute approximate surface area is 184 Å². The Balaban J connectivity index is 1.63. The smallest absolute Gasteiger partial charge is 0.249 e. The third kappa shape index (κ3) is 3.56. The van der Waals surface area contributed by atoms with Gasteiger partial charge in [-0.25, -0.2) is 0 Å². The molecule has 0 saturated carbocycles. The molecule has 4 aromatic rings. The summed E-state index contributed by atoms with van der Waals surface area (Å²) in [6.45, 7) is 0.363. The summed E-state index contributed by atoms with van der Waals surface area (Å²) in [5.41, 5.74) is 8.40. The van der Waals surface area contributed by atoms with Crippen molar-refractivity contribution in [3.05, 3.63) is 101 Å². The molecule has 0 spiro atoms. The van der Waals surface area contributed by atoms with E-state index in [9.17, 15) is 9.59 Å². The molecule has 1 aliphatic rings. The second-order valence-corrected chi connectivity index (χ2v) is 7.57. The number of hydrogen-bond donors (Lipinski definition) is 1. The Morgan fingerprint density at radius 2 is 1.78 bits per heavy atom. The normalized spacial score (nSPS) is 13.8. The molecule has 5 rings (SSSR count). The average molecular weight is 424 g/mol. The van der Waals surface area contributed by atoms with Crippen molar-refractivity contribution in [3.8, 4) is 11.5 Å². The third-order valence-electron chi connectivity index (χ3n) is 5.61. The molecule has 2 N–H and O–H groups in total. The summed E-state index contributed by atoms with van der Waals surface area (Å²) in [6.07, 6.45) is 3.31. The molecule has 0 aliphatic carbocycles. The lowest BCUT2D eigenvalue weighted by molar-refractivity contribution is 0.0932. The number of hydrogen-bond acceptors (Lipinski definition) is 5. The summed E-state index contributed by atoms with van der Waals surface area (Å²) in [5, 5.41) is 1.63. The topological polar surface area (TPSA) is 91.5 Å². The maximum Gasteiger partial charge on any atom is 0.249 e. The number of ether oxygens (including phenoxy) is 2. The summed E-state index contributed by atoms with van der Waals surface area (Å²) < 4.78 is 12.1. The molecule has 0 bridgehead atoms. The number of nitrogens with zero attached hydrogens (tertiary/aromatic N) is 1. The molecule has 1 aromatic heterocycles. The van der Waals surface area contributed by atoms with E-state index in [1.807, 2.05) is 42.5 Å². The minimum Gasteiger partial charge on any atom is -0.492 e. The van der Waals surface area contributed by atoms with Gasteiger partial charge >= 0.3 is 0 Å². The number of amides is 1. The van der Waals surface area contributed by atoms with Crippen molar-refractivity contribution in [3.63, 3.8) is 0 Å². The highest BCUT2D eigenvalue weighted by atomic mass is 16.5. The zero-order chi connectivity index (χ0) is 22.1. The van der Waals surface area contributed by atoms with Gasteiger partial charge in [0.1, 0.15) is 17.6 Å². The summed E-state index contributed by atoms with van der Waals surface area (Å²) in [5.74, 6) is 0.687. The lowest BCUT2D eigenvalue weighted by atomic mass is 9.93. The average Bonchev–Trinajstić information content (AvgIpc) is 2.82. The van der Waals surface area contributed by atoms with Gasteiger partial charge in [0.2, 0.25) is 5.91 Å². The van der Waals surface area contributed by atoms with E-state index in [1.54, 1.807) is 36.7 Å². The number of rotatable bonds is 5. The summed E-state index contributed by atoms with van der Waals surface area (Å²) in [6, 6.07) is 20.3. The van der Waals surface area contributed by atoms with E-state index in [-0.39, 0.29) is 5.78 Å². The van der Waals surface area contributed by atoms with Gasteiger partial charge in [0, 0.05) is 36.0 Å². The standard InChI is InChI=1S/C26H20N2O4/c27-26(30)21-8-7-20(18-3-1-2-4-19(18)21)25(16-9-12-28-13-10-16)32-17-5-6-22-23(29)11-14-31-24(22)15-17/h1-10,12-13,15,25H,11,14H2,(H2,27,30). The number of nitrogens with two attached hydrogens (primary N) is 1. The number of pyridine rings is 1. The second kappa shape index (κ2) is 8.15. The van der Waals surface area contributed by atoms with E-state index >= 15 is 0 Å². The fraction of sp³-hybridized carbons (Fsp3) is 0.115. The number of carbonyl (C=O) groups excluding carboxylic acids is 2. The van der Waals surface area contributed by atoms with Gasteiger partial charge < -0.3 is 15.2 Å². The van der Waals surface area contributed by atoms with Gasteiger partial charge in [0.15, 0.2) is 5.78 Å². The first-order valence-corrected chi connectivity index (χ1v) is 10.3. The van der Waals surface area contributed by atoms with Crippen LogP contribution in [-0.4, -0.2) is 23.3 Å². The largest absolute Gasteiger partial charge is 0.492 e. The molecule has 158 valence electrons. The molecule has 6 nitrogen and oxygen atoms in total. The van der Waals surface area contributed by atoms with Crippen LogP contribution in [0.15, 0.2) is 79.1 Å². The fourth-order valence-electron chi connectivity index (χ4n) is 4.07. The van der Waals surface area contributed by atoms with Crippen LogP contribution in [0.2, 0.25) is 0 Å². The monoisotopic (exact) mass is 424 g/mol. The van der Waals surface area contributed by atoms with Crippen LogP contribution in [0.4, 0.5) is 0 Å². The number of benzene rings is 3. The van der Waals surface area contributed by atoms with Crippen molar-refractivity contribution in [1.29, 1.82) is 0 Å². The first kappa shape index (κ1) is 19.8. The molecular formula is C26H20N2O4. The Morgan fingerprint density at radius 1 is 1.00 bits per heavy atom. The molecule has 1 amide bonds. The Bertz CT molecular complexity index is 1330. The van der Waals surface area contributed by atoms with Crippen molar-refractivity contribution in [2.24, 2.45) is 5.73 Å². The van der Waals surface area contributed by atoms with E-state index < -0.39 is 12.0 Å². The minimum absolute atomic E-state index is 0.0662. The lowest BCUT2D eigenvalue weighted by Gasteiger charge is -2.23. The van der Waals surface area contributed by atoms with Gasteiger partial charge in [-0.2, -0.15) is 0 Å². The third-order valence-corrected chi connectivity index (χ3v) is 5.61. The number of primary amides is 1. The van der Waals surface area contributed by atoms with Crippen LogP contribution in [-0.2, 0) is 0 Å². The molecule has 6 heteroatoms. The first-order valence-electron chi connectivity index (χ1n) is 10.3. The molecule has 3 aromatic carbocycles. The highest BCUT2D eigenvalue weighted by Crippen LogP contribution is 2.36. The van der Waals surface area contributed by atoms with Crippen molar-refractivity contribution in [2.75, 3.05) is 6.61 Å². The van der Waals surface area contributed by atoms with Crippen LogP contribution in [0.1, 0.15) is 44.4 Å². The molecular weight excluding hydrogens is 404 g/mol. The predicted molar refractivity (Wildman–Crippen MR) is 120 cm³/mol. The molecule has 0 fully saturated rings. The summed E-state index contributed by atoms with van der Waals surface area (Å²) in [4.78, 5) is 28.2. The van der Waals surface area contributed by atoms with Gasteiger partial charge in [-0.05, 0) is 46.7 Å². The summed E-state index contributed by atoms with van der Waals surface area (Å²) in [7, 11) is 0. The molecule has 1 aliphatic heterocycles. The van der Waals surface area contributed by atoms with Gasteiger partial charge in [-0.15, -0.1) is 0 Å². The minimum atomic E-state index is -0.484. The number of Topliss-reactive ketones (excluding diaryl/α,β-unsaturated/α-hetero) is 1. The number of carbonyl (C=O) groups is 2. The number of aromatic nitrogens is 1. The number of ketones is 1. The number of fused-ring (bicyclic) bond motifs is 2. The van der Waals surface area contributed by atoms with Gasteiger partial charge in [-0.3, -0.25) is 14.6 Å². The maximum absolute atomic E-state index is 12.1. The van der Waals surface area contributed by atoms with E-state index in [2.05, 4.69) is 4.98 Å². The van der Waals surface area contributed by atoms with Crippen LogP contribution in [0.25, 0.3) is 10.8 Å². The highest BCUT2D eigenvalue weighted by molar-refractivity contribution is 6.07. The Kier molecular flexibility index (Phi) is 5.03. The highest BCUT2D eigenvalue weighted by Gasteiger charge is 2.23. The van der Waals surface area contributed by atoms with E-state index in [0.29, 0.717) is 35.7 Å². The lowest BCUT2D eigenvalue weighted by Crippen LogP contribution is -2.16. The maximum atomic E-state index is 12.1. The van der Waals surface area contributed by atoms with Crippen molar-refractivity contribution < 1.29 is 19.1 Å². The Morgan fingerprint density at radius 3 is 2.56 bits per heavy atom. The van der Waals surface area contributed by atoms with Gasteiger partial charge in [0.05, 0.1) is 12.2 Å². The van der Waals surface area contributed by atoms with Crippen molar-refractivity contribution >= 4 is 22.5 Å². The van der Waals surface area contributed by atoms with Crippen molar-refractivity contribution in [2.45, 2.75) is 12.5 Å². The van der Waals surface area contributed by atoms with Crippen LogP contribution >= 0.6 is 0 Å². The fourth-order valence-corrected chi connectivity index (χ4v) is 4.07. The van der Waals surface area contributed by atoms with Crippen LogP contribution in [0.3, 0.4) is 0 Å². The molecule has 32 heavy (non-hydrogen) atoms. The molecule has 0 radical (unpaired) electrons. The first-order chi connectivity index (χ1) is 15.6. The van der Waals surface area contributed by atoms with Crippen LogP contribution < -0.4 is 15.2 Å².